The maximum absolute atomic E-state index is 12.8. The number of carbonyl (C=O) groups excluding carboxylic acids is 1. The molecule has 0 unspecified atom stereocenters. The summed E-state index contributed by atoms with van der Waals surface area (Å²) >= 11 is 5.95. The van der Waals surface area contributed by atoms with Crippen molar-refractivity contribution in [3.8, 4) is 0 Å². The largest absolute Gasteiger partial charge is 0.481 e. The van der Waals surface area contributed by atoms with Crippen molar-refractivity contribution in [2.24, 2.45) is 11.3 Å². The molecule has 0 radical (unpaired) electrons. The number of fused-ring (bicyclic) bond motifs is 1. The van der Waals surface area contributed by atoms with Gasteiger partial charge in [0, 0.05) is 18.7 Å². The topological polar surface area (TPSA) is 69.6 Å². The van der Waals surface area contributed by atoms with Crippen molar-refractivity contribution < 1.29 is 23.5 Å². The number of aliphatic carboxylic acids is 1. The van der Waals surface area contributed by atoms with Gasteiger partial charge in [0.05, 0.1) is 16.1 Å². The number of rotatable bonds is 3. The first-order valence-electron chi connectivity index (χ1n) is 7.70. The molecule has 2 aliphatic rings. The Kier molecular flexibility index (Phi) is 4.38. The van der Waals surface area contributed by atoms with Gasteiger partial charge in [-0.05, 0) is 30.9 Å². The Morgan fingerprint density at radius 1 is 1.42 bits per heavy atom. The van der Waals surface area contributed by atoms with E-state index in [2.05, 4.69) is 5.32 Å². The Balaban J connectivity index is 1.75. The average Bonchev–Trinajstić information content (AvgIpc) is 3.07. The maximum Gasteiger partial charge on any atom is 0.321 e. The van der Waals surface area contributed by atoms with Crippen molar-refractivity contribution in [3.63, 3.8) is 0 Å². The Morgan fingerprint density at radius 2 is 2.17 bits per heavy atom. The molecule has 1 aliphatic carbocycles. The van der Waals surface area contributed by atoms with Crippen LogP contribution in [0.4, 0.5) is 19.3 Å². The number of carbonyl (C=O) groups is 2. The van der Waals surface area contributed by atoms with Gasteiger partial charge in [-0.25, -0.2) is 13.6 Å². The fraction of sp³-hybridized carbons (Fsp3) is 0.500. The van der Waals surface area contributed by atoms with Crippen LogP contribution in [0.5, 0.6) is 0 Å². The highest BCUT2D eigenvalue weighted by Gasteiger charge is 2.55. The molecule has 5 nitrogen and oxygen atoms in total. The molecule has 2 atom stereocenters. The number of urea groups is 1. The lowest BCUT2D eigenvalue weighted by Gasteiger charge is -2.23. The average molecular weight is 359 g/mol. The molecule has 3 rings (SSSR count). The molecule has 1 saturated carbocycles. The fourth-order valence-corrected chi connectivity index (χ4v) is 3.93. The van der Waals surface area contributed by atoms with Crippen molar-refractivity contribution in [2.45, 2.75) is 25.7 Å². The summed E-state index contributed by atoms with van der Waals surface area (Å²) < 4.78 is 25.6. The molecule has 1 heterocycles. The summed E-state index contributed by atoms with van der Waals surface area (Å²) in [6.45, 7) is 0.481. The first kappa shape index (κ1) is 17.0. The van der Waals surface area contributed by atoms with Crippen LogP contribution in [0.1, 0.15) is 31.3 Å². The van der Waals surface area contributed by atoms with Crippen LogP contribution in [-0.2, 0) is 4.79 Å². The van der Waals surface area contributed by atoms with Crippen LogP contribution in [0.25, 0.3) is 0 Å². The minimum Gasteiger partial charge on any atom is -0.481 e. The van der Waals surface area contributed by atoms with Crippen LogP contribution in [0.15, 0.2) is 18.2 Å². The third-order valence-corrected chi connectivity index (χ3v) is 5.40. The smallest absolute Gasteiger partial charge is 0.321 e. The molecule has 24 heavy (non-hydrogen) atoms. The molecule has 130 valence electrons. The lowest BCUT2D eigenvalue weighted by Crippen LogP contribution is -2.38. The Morgan fingerprint density at radius 3 is 2.79 bits per heavy atom. The van der Waals surface area contributed by atoms with Gasteiger partial charge in [-0.3, -0.25) is 4.79 Å². The SMILES string of the molecule is O=C(Nc1cc(C(F)F)ccc1Cl)N1C[C@@H]2CCC[C@@]2(C(=O)O)C1. The quantitative estimate of drug-likeness (QED) is 0.858. The Labute approximate surface area is 142 Å². The lowest BCUT2D eigenvalue weighted by atomic mass is 9.81. The summed E-state index contributed by atoms with van der Waals surface area (Å²) in [6, 6.07) is 3.12. The normalized spacial score (nSPS) is 25.8. The molecule has 8 heteroatoms. The van der Waals surface area contributed by atoms with Crippen LogP contribution < -0.4 is 5.32 Å². The van der Waals surface area contributed by atoms with E-state index in [0.717, 1.165) is 18.9 Å². The predicted molar refractivity (Wildman–Crippen MR) is 84.4 cm³/mol. The number of likely N-dealkylation sites (tertiary alicyclic amines) is 1. The first-order valence-corrected chi connectivity index (χ1v) is 8.08. The number of halogens is 3. The summed E-state index contributed by atoms with van der Waals surface area (Å²) in [4.78, 5) is 25.5. The van der Waals surface area contributed by atoms with Crippen LogP contribution in [0, 0.1) is 11.3 Å². The predicted octanol–water partition coefficient (Wildman–Crippen LogP) is 4.00. The Hall–Kier alpha value is -1.89. The van der Waals surface area contributed by atoms with Gasteiger partial charge in [-0.2, -0.15) is 0 Å². The zero-order valence-electron chi connectivity index (χ0n) is 12.8. The number of anilines is 1. The zero-order valence-corrected chi connectivity index (χ0v) is 13.5. The number of hydrogen-bond donors (Lipinski definition) is 2. The number of amides is 2. The lowest BCUT2D eigenvalue weighted by molar-refractivity contribution is -0.149. The van der Waals surface area contributed by atoms with E-state index < -0.39 is 23.8 Å². The van der Waals surface area contributed by atoms with Crippen molar-refractivity contribution in [2.75, 3.05) is 18.4 Å². The highest BCUT2D eigenvalue weighted by Crippen LogP contribution is 2.49. The van der Waals surface area contributed by atoms with E-state index >= 15 is 0 Å². The summed E-state index contributed by atoms with van der Waals surface area (Å²) in [7, 11) is 0. The molecule has 2 fully saturated rings. The number of nitrogens with zero attached hydrogens (tertiary/aromatic N) is 1. The molecular weight excluding hydrogens is 342 g/mol. The number of nitrogens with one attached hydrogen (secondary N) is 1. The maximum atomic E-state index is 12.8. The number of alkyl halides is 2. The third-order valence-electron chi connectivity index (χ3n) is 5.07. The van der Waals surface area contributed by atoms with Gasteiger partial charge in [-0.15, -0.1) is 0 Å². The third kappa shape index (κ3) is 2.81. The van der Waals surface area contributed by atoms with Gasteiger partial charge in [0.25, 0.3) is 6.43 Å². The van der Waals surface area contributed by atoms with E-state index in [1.807, 2.05) is 0 Å². The molecule has 2 amide bonds. The molecule has 2 N–H and O–H groups in total. The zero-order chi connectivity index (χ0) is 17.5. The second kappa shape index (κ2) is 6.20. The van der Waals surface area contributed by atoms with E-state index in [1.54, 1.807) is 0 Å². The summed E-state index contributed by atoms with van der Waals surface area (Å²) in [6.07, 6.45) is -0.496. The number of benzene rings is 1. The highest BCUT2D eigenvalue weighted by molar-refractivity contribution is 6.33. The van der Waals surface area contributed by atoms with E-state index in [9.17, 15) is 23.5 Å². The van der Waals surface area contributed by atoms with Crippen molar-refractivity contribution in [1.82, 2.24) is 4.90 Å². The molecule has 1 aromatic carbocycles. The number of carboxylic acid groups (broad SMARTS) is 1. The van der Waals surface area contributed by atoms with E-state index in [-0.39, 0.29) is 28.7 Å². The van der Waals surface area contributed by atoms with Gasteiger partial charge in [0.1, 0.15) is 0 Å². The van der Waals surface area contributed by atoms with Gasteiger partial charge in [0.2, 0.25) is 0 Å². The number of carboxylic acids is 1. The summed E-state index contributed by atoms with van der Waals surface area (Å²) in [5.41, 5.74) is -1.03. The summed E-state index contributed by atoms with van der Waals surface area (Å²) in [5.74, 6) is -0.943. The summed E-state index contributed by atoms with van der Waals surface area (Å²) in [5, 5.41) is 12.2. The molecule has 1 aliphatic heterocycles. The highest BCUT2D eigenvalue weighted by atomic mass is 35.5. The standard InChI is InChI=1S/C16H17ClF2N2O3/c17-11-4-3-9(13(18)19)6-12(11)20-15(24)21-7-10-2-1-5-16(10,8-21)14(22)23/h3-4,6,10,13H,1-2,5,7-8H2,(H,20,24)(H,22,23)/t10-,16+/m0/s1. The van der Waals surface area contributed by atoms with Crippen LogP contribution in [0.2, 0.25) is 5.02 Å². The molecule has 1 saturated heterocycles. The monoisotopic (exact) mass is 358 g/mol. The van der Waals surface area contributed by atoms with E-state index in [1.165, 1.54) is 17.0 Å². The fourth-order valence-electron chi connectivity index (χ4n) is 3.76. The Bertz CT molecular complexity index is 685. The molecule has 0 aromatic heterocycles. The molecular formula is C16H17ClF2N2O3. The molecule has 0 spiro atoms. The molecule has 0 bridgehead atoms. The van der Waals surface area contributed by atoms with Crippen LogP contribution in [0.3, 0.4) is 0 Å². The van der Waals surface area contributed by atoms with Gasteiger partial charge in [0.15, 0.2) is 0 Å². The van der Waals surface area contributed by atoms with Gasteiger partial charge >= 0.3 is 12.0 Å². The van der Waals surface area contributed by atoms with E-state index in [4.69, 9.17) is 11.6 Å². The van der Waals surface area contributed by atoms with E-state index in [0.29, 0.717) is 13.0 Å². The minimum absolute atomic E-state index is 0.0661. The van der Waals surface area contributed by atoms with Crippen molar-refractivity contribution in [3.05, 3.63) is 28.8 Å². The molecule has 1 aromatic rings. The number of hydrogen-bond acceptors (Lipinski definition) is 2. The first-order chi connectivity index (χ1) is 11.3. The van der Waals surface area contributed by atoms with Crippen LogP contribution in [-0.4, -0.2) is 35.1 Å². The minimum atomic E-state index is -2.67. The van der Waals surface area contributed by atoms with Crippen molar-refractivity contribution >= 4 is 29.3 Å². The van der Waals surface area contributed by atoms with Crippen LogP contribution >= 0.6 is 11.6 Å². The second-order valence-corrected chi connectivity index (χ2v) is 6.81. The van der Waals surface area contributed by atoms with Gasteiger partial charge < -0.3 is 15.3 Å². The second-order valence-electron chi connectivity index (χ2n) is 6.40. The van der Waals surface area contributed by atoms with Gasteiger partial charge in [-0.1, -0.05) is 24.1 Å². The van der Waals surface area contributed by atoms with Crippen molar-refractivity contribution in [1.29, 1.82) is 0 Å².